The van der Waals surface area contributed by atoms with Gasteiger partial charge in [0.1, 0.15) is 0 Å². The van der Waals surface area contributed by atoms with Crippen molar-refractivity contribution in [3.63, 3.8) is 0 Å². The third-order valence-electron chi connectivity index (χ3n) is 4.14. The zero-order valence-electron chi connectivity index (χ0n) is 14.4. The summed E-state index contributed by atoms with van der Waals surface area (Å²) in [7, 11) is 0. The fourth-order valence-corrected chi connectivity index (χ4v) is 3.12. The minimum atomic E-state index is -0.406. The average Bonchev–Trinajstić information content (AvgIpc) is 2.50. The van der Waals surface area contributed by atoms with Crippen LogP contribution in [-0.4, -0.2) is 33.7 Å². The first-order valence-electron chi connectivity index (χ1n) is 8.68. The van der Waals surface area contributed by atoms with E-state index in [2.05, 4.69) is 20.6 Å². The van der Waals surface area contributed by atoms with Crippen molar-refractivity contribution in [2.24, 2.45) is 0 Å². The van der Waals surface area contributed by atoms with E-state index in [1.165, 1.54) is 38.3 Å². The first-order valence-corrected chi connectivity index (χ1v) is 9.09. The van der Waals surface area contributed by atoms with Crippen molar-refractivity contribution in [2.45, 2.75) is 64.8 Å². The van der Waals surface area contributed by atoms with Crippen LogP contribution in [0.3, 0.4) is 0 Å². The molecular formula is C17H26N4O2S. The highest BCUT2D eigenvalue weighted by Crippen LogP contribution is 2.17. The molecule has 24 heavy (non-hydrogen) atoms. The highest BCUT2D eigenvalue weighted by atomic mass is 32.1. The van der Waals surface area contributed by atoms with E-state index in [1.54, 1.807) is 13.8 Å². The summed E-state index contributed by atoms with van der Waals surface area (Å²) in [5, 5.41) is 6.90. The number of esters is 1. The Hall–Kier alpha value is -1.76. The normalized spacial score (nSPS) is 15.9. The fraction of sp³-hybridized carbons (Fsp3) is 0.647. The van der Waals surface area contributed by atoms with Gasteiger partial charge in [-0.1, -0.05) is 32.1 Å². The third-order valence-corrected chi connectivity index (χ3v) is 4.36. The molecule has 1 saturated carbocycles. The molecular weight excluding hydrogens is 324 g/mol. The number of hydrogen-bond acceptors (Lipinski definition) is 5. The van der Waals surface area contributed by atoms with Gasteiger partial charge in [0.25, 0.3) is 0 Å². The van der Waals surface area contributed by atoms with Gasteiger partial charge < -0.3 is 15.4 Å². The Kier molecular flexibility index (Phi) is 7.36. The van der Waals surface area contributed by atoms with Gasteiger partial charge in [-0.3, -0.25) is 0 Å². The topological polar surface area (TPSA) is 76.1 Å². The van der Waals surface area contributed by atoms with E-state index in [0.717, 1.165) is 12.8 Å². The number of aryl methyl sites for hydroxylation is 1. The summed E-state index contributed by atoms with van der Waals surface area (Å²) in [5.74, 6) is -0.0133. The molecule has 2 rings (SSSR count). The molecule has 0 saturated heterocycles. The van der Waals surface area contributed by atoms with E-state index in [4.69, 9.17) is 17.0 Å². The van der Waals surface area contributed by atoms with Gasteiger partial charge in [-0.15, -0.1) is 0 Å². The lowest BCUT2D eigenvalue weighted by atomic mass is 9.97. The Morgan fingerprint density at radius 2 is 1.96 bits per heavy atom. The van der Waals surface area contributed by atoms with Crippen LogP contribution in [0.25, 0.3) is 0 Å². The lowest BCUT2D eigenvalue weighted by Gasteiger charge is -2.22. The van der Waals surface area contributed by atoms with Gasteiger partial charge in [-0.05, 0) is 38.9 Å². The second-order valence-electron chi connectivity index (χ2n) is 6.05. The van der Waals surface area contributed by atoms with Crippen molar-refractivity contribution in [1.82, 2.24) is 15.3 Å². The van der Waals surface area contributed by atoms with Crippen LogP contribution in [0, 0.1) is 6.92 Å². The molecule has 1 aliphatic rings. The van der Waals surface area contributed by atoms with Crippen molar-refractivity contribution in [2.75, 3.05) is 11.9 Å². The summed E-state index contributed by atoms with van der Waals surface area (Å²) < 4.78 is 4.97. The molecule has 1 aromatic heterocycles. The Balaban J connectivity index is 1.91. The standard InChI is InChI=1S/C17H26N4O2S/c1-3-23-15(22)14-11-18-16(19-12(14)2)21-17(24)20-13-9-7-5-4-6-8-10-13/h11,13H,3-10H2,1-2H3,(H2,18,19,20,21,24). The zero-order chi connectivity index (χ0) is 17.4. The van der Waals surface area contributed by atoms with Crippen molar-refractivity contribution < 1.29 is 9.53 Å². The SMILES string of the molecule is CCOC(=O)c1cnc(NC(=S)NC2CCCCCCC2)nc1C. The van der Waals surface area contributed by atoms with Gasteiger partial charge in [-0.25, -0.2) is 14.8 Å². The highest BCUT2D eigenvalue weighted by Gasteiger charge is 2.15. The smallest absolute Gasteiger partial charge is 0.341 e. The predicted molar refractivity (Wildman–Crippen MR) is 98.2 cm³/mol. The van der Waals surface area contributed by atoms with E-state index in [9.17, 15) is 4.79 Å². The van der Waals surface area contributed by atoms with E-state index in [-0.39, 0.29) is 0 Å². The number of carbonyl (C=O) groups excluding carboxylic acids is 1. The molecule has 0 unspecified atom stereocenters. The van der Waals surface area contributed by atoms with E-state index >= 15 is 0 Å². The molecule has 6 nitrogen and oxygen atoms in total. The molecule has 1 heterocycles. The minimum absolute atomic E-state index is 0.327. The lowest BCUT2D eigenvalue weighted by Crippen LogP contribution is -2.38. The molecule has 0 amide bonds. The molecule has 7 heteroatoms. The number of nitrogens with one attached hydrogen (secondary N) is 2. The molecule has 0 radical (unpaired) electrons. The molecule has 0 aliphatic heterocycles. The van der Waals surface area contributed by atoms with Crippen molar-refractivity contribution in [3.8, 4) is 0 Å². The van der Waals surface area contributed by atoms with Gasteiger partial charge in [0.15, 0.2) is 5.11 Å². The zero-order valence-corrected chi connectivity index (χ0v) is 15.2. The maximum Gasteiger partial charge on any atom is 0.341 e. The van der Waals surface area contributed by atoms with Crippen molar-refractivity contribution >= 4 is 29.2 Å². The number of nitrogens with zero attached hydrogens (tertiary/aromatic N) is 2. The van der Waals surface area contributed by atoms with Crippen molar-refractivity contribution in [1.29, 1.82) is 0 Å². The maximum absolute atomic E-state index is 11.8. The summed E-state index contributed by atoms with van der Waals surface area (Å²) in [4.78, 5) is 20.2. The van der Waals surface area contributed by atoms with Gasteiger partial charge in [-0.2, -0.15) is 0 Å². The molecule has 0 aromatic carbocycles. The maximum atomic E-state index is 11.8. The third kappa shape index (κ3) is 5.70. The average molecular weight is 350 g/mol. The molecule has 0 atom stereocenters. The van der Waals surface area contributed by atoms with Crippen LogP contribution in [-0.2, 0) is 4.74 Å². The molecule has 1 aliphatic carbocycles. The van der Waals surface area contributed by atoms with Crippen LogP contribution in [0.1, 0.15) is 67.9 Å². The largest absolute Gasteiger partial charge is 0.462 e. The van der Waals surface area contributed by atoms with Crippen LogP contribution in [0.4, 0.5) is 5.95 Å². The summed E-state index contributed by atoms with van der Waals surface area (Å²) >= 11 is 5.37. The lowest BCUT2D eigenvalue weighted by molar-refractivity contribution is 0.0524. The minimum Gasteiger partial charge on any atom is -0.462 e. The second-order valence-corrected chi connectivity index (χ2v) is 6.46. The molecule has 0 spiro atoms. The Morgan fingerprint density at radius 1 is 1.29 bits per heavy atom. The Bertz CT molecular complexity index is 572. The Morgan fingerprint density at radius 3 is 2.58 bits per heavy atom. The molecule has 2 N–H and O–H groups in total. The number of anilines is 1. The number of carbonyl (C=O) groups is 1. The molecule has 0 bridgehead atoms. The van der Waals surface area contributed by atoms with Crippen molar-refractivity contribution in [3.05, 3.63) is 17.5 Å². The number of rotatable bonds is 4. The van der Waals surface area contributed by atoms with Crippen LogP contribution in [0.15, 0.2) is 6.20 Å². The van der Waals surface area contributed by atoms with Crippen LogP contribution in [0.2, 0.25) is 0 Å². The fourth-order valence-electron chi connectivity index (χ4n) is 2.86. The monoisotopic (exact) mass is 350 g/mol. The van der Waals surface area contributed by atoms with Gasteiger partial charge in [0.2, 0.25) is 5.95 Å². The Labute approximate surface area is 148 Å². The van der Waals surface area contributed by atoms with Gasteiger partial charge in [0, 0.05) is 12.2 Å². The first kappa shape index (κ1) is 18.6. The van der Waals surface area contributed by atoms with E-state index in [1.807, 2.05) is 0 Å². The summed E-state index contributed by atoms with van der Waals surface area (Å²) in [6, 6.07) is 0.408. The number of ether oxygens (including phenoxy) is 1. The van der Waals surface area contributed by atoms with E-state index < -0.39 is 5.97 Å². The second kappa shape index (κ2) is 9.52. The summed E-state index contributed by atoms with van der Waals surface area (Å²) in [6.45, 7) is 3.85. The van der Waals surface area contributed by atoms with Crippen LogP contribution < -0.4 is 10.6 Å². The number of thiocarbonyl (C=S) groups is 1. The molecule has 1 fully saturated rings. The molecule has 132 valence electrons. The van der Waals surface area contributed by atoms with Gasteiger partial charge in [0.05, 0.1) is 17.9 Å². The quantitative estimate of drug-likeness (QED) is 0.637. The van der Waals surface area contributed by atoms with Crippen LogP contribution >= 0.6 is 12.2 Å². The van der Waals surface area contributed by atoms with Gasteiger partial charge >= 0.3 is 5.97 Å². The number of aromatic nitrogens is 2. The van der Waals surface area contributed by atoms with E-state index in [0.29, 0.717) is 35.0 Å². The number of hydrogen-bond donors (Lipinski definition) is 2. The predicted octanol–water partition coefficient (Wildman–Crippen LogP) is 3.36. The summed E-state index contributed by atoms with van der Waals surface area (Å²) in [5.41, 5.74) is 0.945. The highest BCUT2D eigenvalue weighted by molar-refractivity contribution is 7.80. The van der Waals surface area contributed by atoms with Crippen LogP contribution in [0.5, 0.6) is 0 Å². The summed E-state index contributed by atoms with van der Waals surface area (Å²) in [6.07, 6.45) is 10.2. The first-order chi connectivity index (χ1) is 11.6. The molecule has 1 aromatic rings.